The number of halogens is 1. The Balaban J connectivity index is 2.12. The fourth-order valence-corrected chi connectivity index (χ4v) is 2.31. The van der Waals surface area contributed by atoms with E-state index in [1.54, 1.807) is 12.1 Å². The number of hydrogen-bond donors (Lipinski definition) is 1. The van der Waals surface area contributed by atoms with Crippen molar-refractivity contribution in [1.29, 1.82) is 0 Å². The number of fused-ring (bicyclic) bond motifs is 1. The summed E-state index contributed by atoms with van der Waals surface area (Å²) in [6, 6.07) is 12.8. The van der Waals surface area contributed by atoms with Crippen LogP contribution in [0.1, 0.15) is 10.4 Å². The minimum atomic E-state index is -0.453. The van der Waals surface area contributed by atoms with Crippen LogP contribution < -0.4 is 21.2 Å². The summed E-state index contributed by atoms with van der Waals surface area (Å²) in [5, 5.41) is 2.22. The molecule has 0 radical (unpaired) electrons. The second-order valence-electron chi connectivity index (χ2n) is 4.48. The van der Waals surface area contributed by atoms with Gasteiger partial charge >= 0.3 is 0 Å². The van der Waals surface area contributed by atoms with Gasteiger partial charge in [0.1, 0.15) is 6.67 Å². The highest BCUT2D eigenvalue weighted by Crippen LogP contribution is 2.18. The minimum absolute atomic E-state index is 0.453. The van der Waals surface area contributed by atoms with Gasteiger partial charge in [-0.05, 0) is 36.4 Å². The van der Waals surface area contributed by atoms with Gasteiger partial charge in [0, 0.05) is 27.7 Å². The van der Waals surface area contributed by atoms with E-state index in [4.69, 9.17) is 17.3 Å². The van der Waals surface area contributed by atoms with Crippen LogP contribution in [0.3, 0.4) is 0 Å². The van der Waals surface area contributed by atoms with Crippen LogP contribution in [0.25, 0.3) is 6.20 Å². The standard InChI is InChI=1S/C15H12ClN3O/c16-10-4-6-11(7-5-10)19-8-13-12(15(17)20)2-1-3-14(13)18-9-19/h1-8H,9H2,(H2,17,20). The number of benzene rings is 2. The molecule has 0 unspecified atom stereocenters. The smallest absolute Gasteiger partial charge is 0.249 e. The lowest BCUT2D eigenvalue weighted by Gasteiger charge is -2.21. The van der Waals surface area contributed by atoms with E-state index in [0.717, 1.165) is 16.3 Å². The average Bonchev–Trinajstić information content (AvgIpc) is 2.46. The monoisotopic (exact) mass is 285 g/mol. The second kappa shape index (κ2) is 4.98. The Hall–Kier alpha value is -2.33. The molecule has 1 heterocycles. The summed E-state index contributed by atoms with van der Waals surface area (Å²) in [5.74, 6) is -0.453. The van der Waals surface area contributed by atoms with E-state index in [0.29, 0.717) is 17.3 Å². The molecule has 0 aromatic heterocycles. The predicted octanol–water partition coefficient (Wildman–Crippen LogP) is 1.27. The lowest BCUT2D eigenvalue weighted by molar-refractivity contribution is 0.0999. The lowest BCUT2D eigenvalue weighted by Crippen LogP contribution is -2.40. The molecule has 1 amide bonds. The molecule has 0 bridgehead atoms. The van der Waals surface area contributed by atoms with E-state index in [2.05, 4.69) is 4.99 Å². The summed E-state index contributed by atoms with van der Waals surface area (Å²) in [7, 11) is 0. The highest BCUT2D eigenvalue weighted by molar-refractivity contribution is 6.30. The SMILES string of the molecule is NC(=O)c1cccc2c1=CN(c1ccc(Cl)cc1)CN=2. The summed E-state index contributed by atoms with van der Waals surface area (Å²) in [4.78, 5) is 17.9. The molecule has 2 aromatic rings. The van der Waals surface area contributed by atoms with Gasteiger partial charge in [0.05, 0.1) is 5.36 Å². The molecular formula is C15H12ClN3O. The van der Waals surface area contributed by atoms with Gasteiger partial charge in [0.2, 0.25) is 5.91 Å². The summed E-state index contributed by atoms with van der Waals surface area (Å²) in [5.41, 5.74) is 6.84. The molecule has 0 atom stereocenters. The number of rotatable bonds is 2. The zero-order valence-electron chi connectivity index (χ0n) is 10.6. The summed E-state index contributed by atoms with van der Waals surface area (Å²) in [6.07, 6.45) is 1.89. The number of nitrogens with zero attached hydrogens (tertiary/aromatic N) is 2. The minimum Gasteiger partial charge on any atom is -0.366 e. The first-order chi connectivity index (χ1) is 9.65. The number of hydrogen-bond acceptors (Lipinski definition) is 3. The van der Waals surface area contributed by atoms with Gasteiger partial charge in [-0.3, -0.25) is 9.79 Å². The Morgan fingerprint density at radius 3 is 2.65 bits per heavy atom. The van der Waals surface area contributed by atoms with Crippen LogP contribution >= 0.6 is 11.6 Å². The fourth-order valence-electron chi connectivity index (χ4n) is 2.18. The van der Waals surface area contributed by atoms with Crippen molar-refractivity contribution in [2.24, 2.45) is 10.7 Å². The molecule has 0 fully saturated rings. The molecule has 0 spiro atoms. The number of carbonyl (C=O) groups is 1. The third-order valence-electron chi connectivity index (χ3n) is 3.19. The van der Waals surface area contributed by atoms with Crippen molar-refractivity contribution in [3.05, 3.63) is 63.6 Å². The normalized spacial score (nSPS) is 13.2. The van der Waals surface area contributed by atoms with Crippen LogP contribution in [0.5, 0.6) is 0 Å². The maximum atomic E-state index is 11.5. The average molecular weight is 286 g/mol. The van der Waals surface area contributed by atoms with Gasteiger partial charge in [-0.15, -0.1) is 0 Å². The number of primary amides is 1. The summed E-state index contributed by atoms with van der Waals surface area (Å²) in [6.45, 7) is 0.497. The van der Waals surface area contributed by atoms with Crippen LogP contribution in [0.15, 0.2) is 47.5 Å². The first-order valence-corrected chi connectivity index (χ1v) is 6.50. The molecule has 2 N–H and O–H groups in total. The quantitative estimate of drug-likeness (QED) is 0.903. The largest absolute Gasteiger partial charge is 0.366 e. The van der Waals surface area contributed by atoms with Gasteiger partial charge in [-0.1, -0.05) is 17.7 Å². The molecule has 3 rings (SSSR count). The van der Waals surface area contributed by atoms with Crippen molar-refractivity contribution in [2.75, 3.05) is 11.6 Å². The molecule has 0 saturated heterocycles. The molecule has 5 heteroatoms. The highest BCUT2D eigenvalue weighted by Gasteiger charge is 2.11. The van der Waals surface area contributed by atoms with E-state index in [9.17, 15) is 4.79 Å². The van der Waals surface area contributed by atoms with Gasteiger partial charge in [0.15, 0.2) is 0 Å². The first kappa shape index (κ1) is 12.7. The van der Waals surface area contributed by atoms with E-state index >= 15 is 0 Å². The maximum Gasteiger partial charge on any atom is 0.249 e. The Morgan fingerprint density at radius 2 is 1.95 bits per heavy atom. The van der Waals surface area contributed by atoms with Crippen molar-refractivity contribution in [3.63, 3.8) is 0 Å². The Labute approximate surface area is 120 Å². The van der Waals surface area contributed by atoms with Gasteiger partial charge in [0.25, 0.3) is 0 Å². The van der Waals surface area contributed by atoms with Crippen LogP contribution in [-0.4, -0.2) is 12.6 Å². The molecular weight excluding hydrogens is 274 g/mol. The van der Waals surface area contributed by atoms with Crippen molar-refractivity contribution in [1.82, 2.24) is 0 Å². The van der Waals surface area contributed by atoms with Gasteiger partial charge < -0.3 is 10.6 Å². The van der Waals surface area contributed by atoms with Crippen molar-refractivity contribution >= 4 is 29.4 Å². The van der Waals surface area contributed by atoms with Crippen LogP contribution in [-0.2, 0) is 0 Å². The number of nitrogens with two attached hydrogens (primary N) is 1. The van der Waals surface area contributed by atoms with E-state index in [-0.39, 0.29) is 0 Å². The zero-order valence-corrected chi connectivity index (χ0v) is 11.3. The Bertz CT molecular complexity index is 784. The molecule has 1 aliphatic rings. The molecule has 0 saturated carbocycles. The number of amides is 1. The third kappa shape index (κ3) is 2.26. The molecule has 0 aliphatic carbocycles. The van der Waals surface area contributed by atoms with E-state index < -0.39 is 5.91 Å². The highest BCUT2D eigenvalue weighted by atomic mass is 35.5. The van der Waals surface area contributed by atoms with E-state index in [1.807, 2.05) is 41.4 Å². The van der Waals surface area contributed by atoms with Crippen LogP contribution in [0.2, 0.25) is 5.02 Å². The van der Waals surface area contributed by atoms with E-state index in [1.165, 1.54) is 0 Å². The van der Waals surface area contributed by atoms with Crippen molar-refractivity contribution in [2.45, 2.75) is 0 Å². The van der Waals surface area contributed by atoms with Gasteiger partial charge in [-0.25, -0.2) is 0 Å². The Morgan fingerprint density at radius 1 is 1.20 bits per heavy atom. The number of anilines is 1. The van der Waals surface area contributed by atoms with Gasteiger partial charge in [-0.2, -0.15) is 0 Å². The zero-order chi connectivity index (χ0) is 14.1. The third-order valence-corrected chi connectivity index (χ3v) is 3.44. The topological polar surface area (TPSA) is 58.7 Å². The van der Waals surface area contributed by atoms with Crippen LogP contribution in [0.4, 0.5) is 5.69 Å². The van der Waals surface area contributed by atoms with Crippen molar-refractivity contribution < 1.29 is 4.79 Å². The summed E-state index contributed by atoms with van der Waals surface area (Å²) < 4.78 is 0. The predicted molar refractivity (Wildman–Crippen MR) is 79.0 cm³/mol. The lowest BCUT2D eigenvalue weighted by atomic mass is 10.1. The molecule has 2 aromatic carbocycles. The maximum absolute atomic E-state index is 11.5. The van der Waals surface area contributed by atoms with Crippen LogP contribution in [0, 0.1) is 0 Å². The first-order valence-electron chi connectivity index (χ1n) is 6.12. The number of carbonyl (C=O) groups excluding carboxylic acids is 1. The fraction of sp³-hybridized carbons (Fsp3) is 0.0667. The molecule has 20 heavy (non-hydrogen) atoms. The Kier molecular flexibility index (Phi) is 3.16. The molecule has 1 aliphatic heterocycles. The second-order valence-corrected chi connectivity index (χ2v) is 4.91. The van der Waals surface area contributed by atoms with Crippen molar-refractivity contribution in [3.8, 4) is 0 Å². The molecule has 4 nitrogen and oxygen atoms in total. The molecule has 100 valence electrons. The summed E-state index contributed by atoms with van der Waals surface area (Å²) >= 11 is 5.89.